The second kappa shape index (κ2) is 21.2. The van der Waals surface area contributed by atoms with Crippen molar-refractivity contribution < 1.29 is 72.4 Å². The van der Waals surface area contributed by atoms with Gasteiger partial charge in [0.1, 0.15) is 11.4 Å². The van der Waals surface area contributed by atoms with Crippen molar-refractivity contribution in [2.24, 2.45) is 0 Å². The number of pyridine rings is 1. The van der Waals surface area contributed by atoms with Gasteiger partial charge >= 0.3 is 5.97 Å². The van der Waals surface area contributed by atoms with Gasteiger partial charge in [0, 0.05) is 76.1 Å². The molecule has 0 saturated heterocycles. The summed E-state index contributed by atoms with van der Waals surface area (Å²) in [5.41, 5.74) is 3.76. The molecule has 2 aliphatic heterocycles. The summed E-state index contributed by atoms with van der Waals surface area (Å²) >= 11 is 0.704. The van der Waals surface area contributed by atoms with Crippen molar-refractivity contribution in [2.45, 2.75) is 97.6 Å². The zero-order chi connectivity index (χ0) is 53.4. The van der Waals surface area contributed by atoms with E-state index in [9.17, 15) is 48.5 Å². The number of unbranched alkanes of at least 4 members (excludes halogenated alkanes) is 2. The molecule has 23 heteroatoms. The second-order valence-corrected chi connectivity index (χ2v) is 23.3. The number of carboxylic acid groups (broad SMARTS) is 1. The van der Waals surface area contributed by atoms with E-state index in [0.717, 1.165) is 23.0 Å². The van der Waals surface area contributed by atoms with Crippen molar-refractivity contribution in [3.63, 3.8) is 0 Å². The average molecular weight is 1080 g/mol. The highest BCUT2D eigenvalue weighted by atomic mass is 32.2. The van der Waals surface area contributed by atoms with Crippen LogP contribution in [0.25, 0.3) is 27.1 Å². The first-order valence-corrected chi connectivity index (χ1v) is 28.0. The van der Waals surface area contributed by atoms with Gasteiger partial charge in [-0.05, 0) is 123 Å². The molecule has 7 rings (SSSR count). The summed E-state index contributed by atoms with van der Waals surface area (Å²) in [5, 5.41) is 17.8. The van der Waals surface area contributed by atoms with E-state index < -0.39 is 56.9 Å². The first-order chi connectivity index (χ1) is 34.2. The molecule has 0 aliphatic carbocycles. The Hall–Kier alpha value is -5.86. The fraction of sp³-hybridized carbons (Fsp3) is 0.320. The Labute approximate surface area is 427 Å². The molecule has 73 heavy (non-hydrogen) atoms. The molecule has 5 aromatic rings. The largest absolute Gasteiger partial charge is 0.481 e. The Kier molecular flexibility index (Phi) is 15.9. The molecule has 19 nitrogen and oxygen atoms in total. The summed E-state index contributed by atoms with van der Waals surface area (Å²) in [4.78, 5) is 33.9. The van der Waals surface area contributed by atoms with E-state index >= 15 is 0 Å². The molecular weight excluding hydrogens is 1020 g/mol. The predicted octanol–water partition coefficient (Wildman–Crippen LogP) is 8.76. The van der Waals surface area contributed by atoms with Gasteiger partial charge in [-0.2, -0.15) is 29.8 Å². The molecule has 0 fully saturated rings. The third kappa shape index (κ3) is 11.2. The van der Waals surface area contributed by atoms with Crippen molar-refractivity contribution in [3.8, 4) is 0 Å². The smallest absolute Gasteiger partial charge is 0.303 e. The molecule has 1 aromatic heterocycles. The number of carboxylic acids is 1. The van der Waals surface area contributed by atoms with E-state index in [1.165, 1.54) is 37.6 Å². The predicted molar refractivity (Wildman–Crippen MR) is 275 cm³/mol. The molecule has 5 N–H and O–H groups in total. The number of likely N-dealkylation sites (N-methyl/N-ethyl adjacent to an activating group) is 1. The highest BCUT2D eigenvalue weighted by Crippen LogP contribution is 2.52. The minimum atomic E-state index is -4.97. The minimum Gasteiger partial charge on any atom is -0.481 e. The van der Waals surface area contributed by atoms with Crippen molar-refractivity contribution in [1.29, 1.82) is 0 Å². The van der Waals surface area contributed by atoms with Crippen molar-refractivity contribution in [1.82, 2.24) is 10.3 Å². The van der Waals surface area contributed by atoms with Crippen molar-refractivity contribution in [3.05, 3.63) is 119 Å². The minimum absolute atomic E-state index is 0.0463. The molecule has 0 bridgehead atoms. The normalized spacial score (nSPS) is 16.3. The van der Waals surface area contributed by atoms with Crippen LogP contribution >= 0.6 is 12.0 Å². The third-order valence-corrected chi connectivity index (χ3v) is 16.2. The van der Waals surface area contributed by atoms with Gasteiger partial charge in [0.25, 0.3) is 36.3 Å². The highest BCUT2D eigenvalue weighted by Gasteiger charge is 2.46. The molecule has 0 unspecified atom stereocenters. The van der Waals surface area contributed by atoms with Gasteiger partial charge in [-0.1, -0.05) is 37.4 Å². The fourth-order valence-corrected chi connectivity index (χ4v) is 12.3. The third-order valence-electron chi connectivity index (χ3n) is 13.0. The summed E-state index contributed by atoms with van der Waals surface area (Å²) in [6, 6.07) is 14.8. The number of anilines is 1. The van der Waals surface area contributed by atoms with Crippen LogP contribution in [0, 0.1) is 0 Å². The van der Waals surface area contributed by atoms with Crippen LogP contribution in [-0.4, -0.2) is 97.9 Å². The Balaban J connectivity index is 1.36. The first kappa shape index (κ1) is 54.9. The number of allylic oxidation sites excluding steroid dienone is 6. The summed E-state index contributed by atoms with van der Waals surface area (Å²) < 4.78 is 113. The lowest BCUT2D eigenvalue weighted by molar-refractivity contribution is -0.447. The van der Waals surface area contributed by atoms with E-state index in [-0.39, 0.29) is 33.6 Å². The van der Waals surface area contributed by atoms with Gasteiger partial charge in [0.05, 0.1) is 45.6 Å². The van der Waals surface area contributed by atoms with Gasteiger partial charge < -0.3 is 15.3 Å². The number of benzene rings is 4. The Morgan fingerprint density at radius 2 is 1.48 bits per heavy atom. The molecule has 388 valence electrons. The summed E-state index contributed by atoms with van der Waals surface area (Å²) in [6.07, 6.45) is 10.7. The molecule has 0 spiro atoms. The van der Waals surface area contributed by atoms with Crippen molar-refractivity contribution in [2.75, 3.05) is 31.6 Å². The van der Waals surface area contributed by atoms with E-state index in [1.54, 1.807) is 18.2 Å². The van der Waals surface area contributed by atoms with E-state index in [4.69, 9.17) is 14.4 Å². The number of rotatable bonds is 20. The van der Waals surface area contributed by atoms with Crippen LogP contribution in [0.3, 0.4) is 0 Å². The van der Waals surface area contributed by atoms with E-state index in [2.05, 4.69) is 19.8 Å². The average Bonchev–Trinajstić information content (AvgIpc) is 3.69. The van der Waals surface area contributed by atoms with Crippen LogP contribution in [-0.2, 0) is 60.2 Å². The molecule has 2 aliphatic rings. The molecule has 0 radical (unpaired) electrons. The SMILES string of the molecule is CCN1/C(=C/C=C(/C=C/C2=[N+](CC)c3ccc4c(SOOOC)cc(S(=O)(=O)O)cc4c3C2(C)C)c2ccc(C(=O)NCCCCCC(=O)O)cn2)C(C)(C)c2c1ccc1c(S(=O)(=O)O)cc(S(=O)(=O)O)cc21. The Morgan fingerprint density at radius 1 is 0.808 bits per heavy atom. The number of carbonyl (C=O) groups excluding carboxylic acids is 1. The number of hydrogen-bond acceptors (Lipinski definition) is 14. The number of nitrogens with zero attached hydrogens (tertiary/aromatic N) is 3. The van der Waals surface area contributed by atoms with Gasteiger partial charge in [0.2, 0.25) is 5.69 Å². The van der Waals surface area contributed by atoms with Gasteiger partial charge in [-0.15, -0.1) is 4.33 Å². The zero-order valence-corrected chi connectivity index (χ0v) is 44.1. The molecule has 4 aromatic carbocycles. The lowest BCUT2D eigenvalue weighted by Gasteiger charge is -2.26. The molecule has 0 atom stereocenters. The number of aliphatic carboxylic acids is 1. The lowest BCUT2D eigenvalue weighted by atomic mass is 9.79. The molecule has 1 amide bonds. The van der Waals surface area contributed by atoms with Crippen LogP contribution < -0.4 is 10.2 Å². The first-order valence-electron chi connectivity index (χ1n) is 22.9. The van der Waals surface area contributed by atoms with Crippen LogP contribution in [0.2, 0.25) is 0 Å². The van der Waals surface area contributed by atoms with Crippen LogP contribution in [0.1, 0.15) is 94.4 Å². The Bertz CT molecular complexity index is 3530. The number of nitrogens with one attached hydrogen (secondary N) is 1. The lowest BCUT2D eigenvalue weighted by Crippen LogP contribution is -2.27. The molecule has 0 saturated carbocycles. The van der Waals surface area contributed by atoms with E-state index in [0.29, 0.717) is 94.8 Å². The maximum Gasteiger partial charge on any atom is 0.303 e. The monoisotopic (exact) mass is 1080 g/mol. The number of hydrogen-bond donors (Lipinski definition) is 5. The fourth-order valence-electron chi connectivity index (χ4n) is 9.76. The van der Waals surface area contributed by atoms with Crippen molar-refractivity contribution >= 4 is 98.5 Å². The van der Waals surface area contributed by atoms with Crippen LogP contribution in [0.5, 0.6) is 0 Å². The van der Waals surface area contributed by atoms with Gasteiger partial charge in [0.15, 0.2) is 5.71 Å². The summed E-state index contributed by atoms with van der Waals surface area (Å²) in [7, 11) is -13.3. The maximum absolute atomic E-state index is 13.2. The molecular formula is C50H55N4O15S4+. The zero-order valence-electron chi connectivity index (χ0n) is 40.9. The maximum atomic E-state index is 13.2. The quantitative estimate of drug-likeness (QED) is 0.00926. The van der Waals surface area contributed by atoms with Gasteiger partial charge in [-0.3, -0.25) is 28.2 Å². The number of amides is 1. The van der Waals surface area contributed by atoms with Crippen LogP contribution in [0.15, 0.2) is 116 Å². The number of carbonyl (C=O) groups is 2. The summed E-state index contributed by atoms with van der Waals surface area (Å²) in [5.74, 6) is -1.25. The standard InChI is InChI=1S/C50H54N4O15S4/c1-8-53-39-20-17-34-36(25-32(71(58,59)60)27-41(34)70-69-68-67-7)46(39)49(3,4)43(53)22-15-30(38-19-14-31(29-52-38)48(57)51-24-12-10-11-13-45(55)56)16-23-44-50(5,6)47-37-26-33(72(61,62)63)28-42(73(64,65)66)35(37)18-21-40(47)54(44)9-2/h14-23,25-29H,8-13,24H2,1-7H3,(H4-,51,55,56,57,58,59,60,61,62,63,64,65,66)/p+1. The summed E-state index contributed by atoms with van der Waals surface area (Å²) in [6.45, 7) is 12.9. The van der Waals surface area contributed by atoms with Gasteiger partial charge in [-0.25, -0.2) is 4.89 Å². The number of fused-ring (bicyclic) bond motifs is 6. The molecule has 3 heterocycles. The second-order valence-electron chi connectivity index (χ2n) is 18.3. The van der Waals surface area contributed by atoms with Crippen LogP contribution in [0.4, 0.5) is 11.4 Å². The number of aromatic nitrogens is 1. The Morgan fingerprint density at radius 3 is 2.08 bits per heavy atom. The topological polar surface area (TPSA) is 276 Å². The highest BCUT2D eigenvalue weighted by molar-refractivity contribution is 7.94. The van der Waals surface area contributed by atoms with E-state index in [1.807, 2.05) is 82.9 Å².